The molecule has 2 aromatic carbocycles. The minimum atomic E-state index is -2.63. The van der Waals surface area contributed by atoms with Crippen molar-refractivity contribution < 1.29 is 13.6 Å². The van der Waals surface area contributed by atoms with Crippen molar-refractivity contribution in [1.29, 1.82) is 0 Å². The number of benzene rings is 2. The van der Waals surface area contributed by atoms with Crippen molar-refractivity contribution in [3.8, 4) is 22.4 Å². The van der Waals surface area contributed by atoms with Crippen molar-refractivity contribution in [3.63, 3.8) is 0 Å². The second-order valence-electron chi connectivity index (χ2n) is 9.99. The molecule has 0 saturated carbocycles. The number of carbonyl (C=O) groups excluding carboxylic acids is 1. The van der Waals surface area contributed by atoms with Crippen LogP contribution < -0.4 is 5.32 Å². The Balaban J connectivity index is 1.20. The first-order valence-corrected chi connectivity index (χ1v) is 12.7. The molecule has 1 fully saturated rings. The normalized spacial score (nSPS) is 15.1. The zero-order valence-corrected chi connectivity index (χ0v) is 21.3. The second-order valence-corrected chi connectivity index (χ2v) is 9.99. The Morgan fingerprint density at radius 1 is 1.03 bits per heavy atom. The van der Waals surface area contributed by atoms with Gasteiger partial charge in [0.25, 0.3) is 11.8 Å². The predicted molar refractivity (Wildman–Crippen MR) is 147 cm³/mol. The fraction of sp³-hybridized carbons (Fsp3) is 0.200. The minimum absolute atomic E-state index is 0.116. The van der Waals surface area contributed by atoms with Gasteiger partial charge in [0.05, 0.1) is 29.6 Å². The SMILES string of the molecule is Cc1cccc(-c2ccc(NC(=O)c3n[nH]c4ccc(-c5cncc(CN6CCC(F)(F)C6)c5)cc34)cn2)c1. The van der Waals surface area contributed by atoms with Crippen molar-refractivity contribution in [2.24, 2.45) is 0 Å². The zero-order chi connectivity index (χ0) is 27.0. The quantitative estimate of drug-likeness (QED) is 0.281. The molecule has 9 heteroatoms. The maximum absolute atomic E-state index is 13.6. The number of likely N-dealkylation sites (tertiary alicyclic amines) is 1. The number of aromatic amines is 1. The lowest BCUT2D eigenvalue weighted by molar-refractivity contribution is 0.0115. The molecule has 0 aliphatic carbocycles. The van der Waals surface area contributed by atoms with Crippen molar-refractivity contribution in [1.82, 2.24) is 25.1 Å². The number of aromatic nitrogens is 4. The summed E-state index contributed by atoms with van der Waals surface area (Å²) in [5.41, 5.74) is 7.07. The Morgan fingerprint density at radius 3 is 2.69 bits per heavy atom. The Morgan fingerprint density at radius 2 is 1.92 bits per heavy atom. The van der Waals surface area contributed by atoms with Gasteiger partial charge in [0, 0.05) is 48.4 Å². The van der Waals surface area contributed by atoms with E-state index in [-0.39, 0.29) is 24.6 Å². The van der Waals surface area contributed by atoms with E-state index in [1.165, 1.54) is 0 Å². The molecule has 5 aromatic rings. The first-order chi connectivity index (χ1) is 18.8. The first-order valence-electron chi connectivity index (χ1n) is 12.7. The van der Waals surface area contributed by atoms with Crippen LogP contribution in [-0.4, -0.2) is 50.0 Å². The summed E-state index contributed by atoms with van der Waals surface area (Å²) in [5.74, 6) is -2.99. The monoisotopic (exact) mass is 524 g/mol. The average Bonchev–Trinajstić information content (AvgIpc) is 3.51. The number of hydrogen-bond acceptors (Lipinski definition) is 5. The van der Waals surface area contributed by atoms with Crippen molar-refractivity contribution in [2.45, 2.75) is 25.8 Å². The number of carbonyl (C=O) groups is 1. The lowest BCUT2D eigenvalue weighted by Gasteiger charge is -2.15. The molecule has 39 heavy (non-hydrogen) atoms. The van der Waals surface area contributed by atoms with Gasteiger partial charge in [-0.25, -0.2) is 8.78 Å². The van der Waals surface area contributed by atoms with Gasteiger partial charge in [-0.2, -0.15) is 5.10 Å². The number of anilines is 1. The third-order valence-corrected chi connectivity index (χ3v) is 6.90. The van der Waals surface area contributed by atoms with Gasteiger partial charge in [0.1, 0.15) is 0 Å². The summed E-state index contributed by atoms with van der Waals surface area (Å²) < 4.78 is 27.2. The Hall–Kier alpha value is -4.50. The smallest absolute Gasteiger partial charge is 0.276 e. The number of amides is 1. The molecule has 0 unspecified atom stereocenters. The Kier molecular flexibility index (Phi) is 6.36. The number of nitrogens with zero attached hydrogens (tertiary/aromatic N) is 4. The van der Waals surface area contributed by atoms with Crippen LogP contribution in [0.15, 0.2) is 79.3 Å². The van der Waals surface area contributed by atoms with E-state index in [2.05, 4.69) is 31.5 Å². The van der Waals surface area contributed by atoms with Crippen LogP contribution in [-0.2, 0) is 6.54 Å². The average molecular weight is 525 g/mol. The van der Waals surface area contributed by atoms with Crippen LogP contribution in [0.5, 0.6) is 0 Å². The van der Waals surface area contributed by atoms with Gasteiger partial charge < -0.3 is 5.32 Å². The minimum Gasteiger partial charge on any atom is -0.319 e. The molecular weight excluding hydrogens is 498 g/mol. The summed E-state index contributed by atoms with van der Waals surface area (Å²) in [7, 11) is 0. The molecule has 6 rings (SSSR count). The van der Waals surface area contributed by atoms with Crippen LogP contribution in [0.3, 0.4) is 0 Å². The lowest BCUT2D eigenvalue weighted by Crippen LogP contribution is -2.24. The third-order valence-electron chi connectivity index (χ3n) is 6.90. The van der Waals surface area contributed by atoms with E-state index in [1.54, 1.807) is 23.5 Å². The summed E-state index contributed by atoms with van der Waals surface area (Å²) in [6.07, 6.45) is 4.94. The van der Waals surface area contributed by atoms with E-state index in [0.717, 1.165) is 39.0 Å². The molecule has 2 N–H and O–H groups in total. The van der Waals surface area contributed by atoms with Gasteiger partial charge in [-0.1, -0.05) is 29.8 Å². The molecule has 196 valence electrons. The molecule has 1 aliphatic heterocycles. The van der Waals surface area contributed by atoms with Gasteiger partial charge in [-0.3, -0.25) is 24.8 Å². The van der Waals surface area contributed by atoms with E-state index in [1.807, 2.05) is 61.5 Å². The molecular formula is C30H26F2N6O. The van der Waals surface area contributed by atoms with Gasteiger partial charge in [0.15, 0.2) is 5.69 Å². The maximum Gasteiger partial charge on any atom is 0.276 e. The highest BCUT2D eigenvalue weighted by Gasteiger charge is 2.37. The van der Waals surface area contributed by atoms with Crippen LogP contribution in [0.25, 0.3) is 33.3 Å². The molecule has 0 radical (unpaired) electrons. The van der Waals surface area contributed by atoms with E-state index < -0.39 is 5.92 Å². The summed E-state index contributed by atoms with van der Waals surface area (Å²) in [6.45, 7) is 2.57. The predicted octanol–water partition coefficient (Wildman–Crippen LogP) is 6.09. The number of halogens is 2. The number of rotatable bonds is 6. The van der Waals surface area contributed by atoms with Gasteiger partial charge >= 0.3 is 0 Å². The van der Waals surface area contributed by atoms with Crippen LogP contribution >= 0.6 is 0 Å². The number of pyridine rings is 2. The van der Waals surface area contributed by atoms with Gasteiger partial charge in [-0.05, 0) is 54.4 Å². The topological polar surface area (TPSA) is 86.8 Å². The van der Waals surface area contributed by atoms with Crippen LogP contribution in [0.4, 0.5) is 14.5 Å². The van der Waals surface area contributed by atoms with Crippen LogP contribution in [0.2, 0.25) is 0 Å². The third kappa shape index (κ3) is 5.39. The number of fused-ring (bicyclic) bond motifs is 1. The molecule has 1 aliphatic rings. The molecule has 3 aromatic heterocycles. The number of alkyl halides is 2. The second kappa shape index (κ2) is 9.99. The van der Waals surface area contributed by atoms with E-state index in [4.69, 9.17) is 0 Å². The summed E-state index contributed by atoms with van der Waals surface area (Å²) >= 11 is 0. The highest BCUT2D eigenvalue weighted by molar-refractivity contribution is 6.11. The largest absolute Gasteiger partial charge is 0.319 e. The van der Waals surface area contributed by atoms with Gasteiger partial charge in [-0.15, -0.1) is 0 Å². The highest BCUT2D eigenvalue weighted by Crippen LogP contribution is 2.30. The summed E-state index contributed by atoms with van der Waals surface area (Å²) in [5, 5.41) is 10.7. The van der Waals surface area contributed by atoms with Crippen molar-refractivity contribution in [3.05, 3.63) is 96.1 Å². The van der Waals surface area contributed by atoms with Crippen molar-refractivity contribution in [2.75, 3.05) is 18.4 Å². The summed E-state index contributed by atoms with van der Waals surface area (Å²) in [4.78, 5) is 23.7. The molecule has 1 saturated heterocycles. The Bertz CT molecular complexity index is 1660. The molecule has 0 bridgehead atoms. The molecule has 7 nitrogen and oxygen atoms in total. The highest BCUT2D eigenvalue weighted by atomic mass is 19.3. The molecule has 0 spiro atoms. The van der Waals surface area contributed by atoms with Crippen LogP contribution in [0.1, 0.15) is 28.0 Å². The number of hydrogen-bond donors (Lipinski definition) is 2. The molecule has 1 amide bonds. The zero-order valence-electron chi connectivity index (χ0n) is 21.3. The lowest BCUT2D eigenvalue weighted by atomic mass is 10.0. The standard InChI is InChI=1S/C30H26F2N6O/c1-19-3-2-4-22(11-19)26-8-6-24(16-34-26)35-29(39)28-25-13-21(5-7-27(25)36-37-28)23-12-20(14-33-15-23)17-38-10-9-30(31,32)18-38/h2-8,11-16H,9-10,17-18H2,1H3,(H,35,39)(H,36,37). The molecule has 0 atom stereocenters. The fourth-order valence-electron chi connectivity index (χ4n) is 4.93. The van der Waals surface area contributed by atoms with E-state index >= 15 is 0 Å². The summed E-state index contributed by atoms with van der Waals surface area (Å²) in [6, 6.07) is 19.4. The number of H-pyrrole nitrogens is 1. The number of nitrogens with one attached hydrogen (secondary N) is 2. The maximum atomic E-state index is 13.6. The van der Waals surface area contributed by atoms with E-state index in [0.29, 0.717) is 24.2 Å². The Labute approximate surface area is 223 Å². The molecule has 4 heterocycles. The fourth-order valence-corrected chi connectivity index (χ4v) is 4.93. The number of aryl methyl sites for hydroxylation is 1. The first kappa shape index (κ1) is 24.8. The van der Waals surface area contributed by atoms with Crippen molar-refractivity contribution >= 4 is 22.5 Å². The van der Waals surface area contributed by atoms with Crippen LogP contribution in [0, 0.1) is 6.92 Å². The van der Waals surface area contributed by atoms with Gasteiger partial charge in [0.2, 0.25) is 0 Å². The van der Waals surface area contributed by atoms with E-state index in [9.17, 15) is 13.6 Å².